The molecule has 3 rings (SSSR count). The highest BCUT2D eigenvalue weighted by atomic mass is 19.1. The Morgan fingerprint density at radius 2 is 2.04 bits per heavy atom. The van der Waals surface area contributed by atoms with Crippen molar-refractivity contribution in [3.05, 3.63) is 65.5 Å². The number of rotatable bonds is 5. The average molecular weight is 359 g/mol. The minimum Gasteiger partial charge on any atom is -0.489 e. The van der Waals surface area contributed by atoms with Gasteiger partial charge in [-0.1, -0.05) is 18.2 Å². The third kappa shape index (κ3) is 4.37. The van der Waals surface area contributed by atoms with Crippen LogP contribution in [0.2, 0.25) is 0 Å². The summed E-state index contributed by atoms with van der Waals surface area (Å²) in [5.74, 6) is -1.32. The van der Waals surface area contributed by atoms with E-state index in [4.69, 9.17) is 14.6 Å². The number of hydrogen-bond donors (Lipinski definition) is 1. The molecule has 1 fully saturated rings. The molecule has 1 unspecified atom stereocenters. The molecule has 0 spiro atoms. The summed E-state index contributed by atoms with van der Waals surface area (Å²) < 4.78 is 23.8. The van der Waals surface area contributed by atoms with Gasteiger partial charge in [-0.05, 0) is 29.8 Å². The van der Waals surface area contributed by atoms with E-state index in [9.17, 15) is 14.0 Å². The van der Waals surface area contributed by atoms with E-state index in [1.54, 1.807) is 36.4 Å². The van der Waals surface area contributed by atoms with Crippen LogP contribution in [-0.2, 0) is 16.1 Å². The number of carboxylic acids is 1. The standard InChI is InChI=1S/C19H18FNO5/c20-15-5-2-6-16(10-15)26-12-13-3-1-4-14(9-13)18(22)21-7-8-25-17(11-21)19(23)24/h1-6,9-10,17H,7-8,11-12H2,(H,23,24). The Balaban J connectivity index is 1.66. The Morgan fingerprint density at radius 1 is 1.23 bits per heavy atom. The van der Waals surface area contributed by atoms with E-state index >= 15 is 0 Å². The van der Waals surface area contributed by atoms with Crippen LogP contribution >= 0.6 is 0 Å². The Hall–Kier alpha value is -2.93. The first-order valence-electron chi connectivity index (χ1n) is 8.14. The molecule has 0 saturated carbocycles. The fourth-order valence-electron chi connectivity index (χ4n) is 2.68. The second-order valence-electron chi connectivity index (χ2n) is 5.90. The van der Waals surface area contributed by atoms with Crippen molar-refractivity contribution in [1.82, 2.24) is 4.90 Å². The lowest BCUT2D eigenvalue weighted by Gasteiger charge is -2.31. The van der Waals surface area contributed by atoms with Crippen molar-refractivity contribution in [2.24, 2.45) is 0 Å². The maximum absolute atomic E-state index is 13.2. The number of carbonyl (C=O) groups is 2. The van der Waals surface area contributed by atoms with Gasteiger partial charge in [-0.15, -0.1) is 0 Å². The van der Waals surface area contributed by atoms with Crippen molar-refractivity contribution in [3.8, 4) is 5.75 Å². The number of nitrogens with zero attached hydrogens (tertiary/aromatic N) is 1. The van der Waals surface area contributed by atoms with Crippen molar-refractivity contribution >= 4 is 11.9 Å². The molecule has 1 N–H and O–H groups in total. The van der Waals surface area contributed by atoms with E-state index < -0.39 is 12.1 Å². The van der Waals surface area contributed by atoms with E-state index in [1.807, 2.05) is 0 Å². The minimum atomic E-state index is -1.08. The van der Waals surface area contributed by atoms with Gasteiger partial charge in [0.05, 0.1) is 13.2 Å². The summed E-state index contributed by atoms with van der Waals surface area (Å²) in [6.07, 6.45) is -1.01. The second kappa shape index (κ2) is 7.97. The molecule has 2 aromatic rings. The van der Waals surface area contributed by atoms with Gasteiger partial charge in [0.15, 0.2) is 6.10 Å². The summed E-state index contributed by atoms with van der Waals surface area (Å²) >= 11 is 0. The highest BCUT2D eigenvalue weighted by Crippen LogP contribution is 2.16. The number of ether oxygens (including phenoxy) is 2. The molecule has 1 saturated heterocycles. The van der Waals surface area contributed by atoms with Crippen LogP contribution in [0.5, 0.6) is 5.75 Å². The number of carbonyl (C=O) groups excluding carboxylic acids is 1. The minimum absolute atomic E-state index is 0.0121. The van der Waals surface area contributed by atoms with Crippen LogP contribution in [0.1, 0.15) is 15.9 Å². The van der Waals surface area contributed by atoms with E-state index in [0.29, 0.717) is 17.9 Å². The van der Waals surface area contributed by atoms with Crippen LogP contribution in [-0.4, -0.2) is 47.7 Å². The normalized spacial score (nSPS) is 17.0. The maximum Gasteiger partial charge on any atom is 0.334 e. The molecular formula is C19H18FNO5. The summed E-state index contributed by atoms with van der Waals surface area (Å²) in [6.45, 7) is 0.724. The zero-order chi connectivity index (χ0) is 18.5. The monoisotopic (exact) mass is 359 g/mol. The summed E-state index contributed by atoms with van der Waals surface area (Å²) in [5.41, 5.74) is 1.19. The summed E-state index contributed by atoms with van der Waals surface area (Å²) in [4.78, 5) is 25.1. The quantitative estimate of drug-likeness (QED) is 0.887. The van der Waals surface area contributed by atoms with E-state index in [1.165, 1.54) is 17.0 Å². The highest BCUT2D eigenvalue weighted by molar-refractivity contribution is 5.94. The van der Waals surface area contributed by atoms with Crippen molar-refractivity contribution in [2.75, 3.05) is 19.7 Å². The molecule has 1 aliphatic heterocycles. The van der Waals surface area contributed by atoms with Gasteiger partial charge in [0.2, 0.25) is 0 Å². The zero-order valence-electron chi connectivity index (χ0n) is 13.9. The largest absolute Gasteiger partial charge is 0.489 e. The number of hydrogen-bond acceptors (Lipinski definition) is 4. The van der Waals surface area contributed by atoms with Crippen molar-refractivity contribution in [2.45, 2.75) is 12.7 Å². The molecule has 1 heterocycles. The van der Waals surface area contributed by atoms with Gasteiger partial charge < -0.3 is 19.5 Å². The van der Waals surface area contributed by atoms with E-state index in [-0.39, 0.29) is 31.5 Å². The molecule has 0 aromatic heterocycles. The van der Waals surface area contributed by atoms with Crippen LogP contribution in [0.4, 0.5) is 4.39 Å². The zero-order valence-corrected chi connectivity index (χ0v) is 13.9. The predicted octanol–water partition coefficient (Wildman–Crippen LogP) is 2.33. The van der Waals surface area contributed by atoms with Gasteiger partial charge >= 0.3 is 5.97 Å². The first-order valence-corrected chi connectivity index (χ1v) is 8.14. The maximum atomic E-state index is 13.2. The lowest BCUT2D eigenvalue weighted by molar-refractivity contribution is -0.154. The van der Waals surface area contributed by atoms with Gasteiger partial charge in [-0.2, -0.15) is 0 Å². The predicted molar refractivity (Wildman–Crippen MR) is 90.5 cm³/mol. The van der Waals surface area contributed by atoms with E-state index in [2.05, 4.69) is 0 Å². The van der Waals surface area contributed by atoms with Crippen LogP contribution in [0.15, 0.2) is 48.5 Å². The lowest BCUT2D eigenvalue weighted by atomic mass is 10.1. The van der Waals surface area contributed by atoms with Crippen LogP contribution in [0.3, 0.4) is 0 Å². The Bertz CT molecular complexity index is 810. The third-order valence-corrected chi connectivity index (χ3v) is 4.00. The van der Waals surface area contributed by atoms with Gasteiger partial charge in [-0.25, -0.2) is 9.18 Å². The third-order valence-electron chi connectivity index (χ3n) is 4.00. The number of aliphatic carboxylic acids is 1. The molecule has 1 aliphatic rings. The van der Waals surface area contributed by atoms with Crippen molar-refractivity contribution in [3.63, 3.8) is 0 Å². The smallest absolute Gasteiger partial charge is 0.334 e. The molecule has 136 valence electrons. The van der Waals surface area contributed by atoms with Gasteiger partial charge in [0.25, 0.3) is 5.91 Å². The Labute approximate surface area is 149 Å². The molecule has 7 heteroatoms. The summed E-state index contributed by atoms with van der Waals surface area (Å²) in [5, 5.41) is 9.04. The molecule has 6 nitrogen and oxygen atoms in total. The lowest BCUT2D eigenvalue weighted by Crippen LogP contribution is -2.48. The molecule has 2 aromatic carbocycles. The molecule has 0 radical (unpaired) electrons. The van der Waals surface area contributed by atoms with Crippen LogP contribution < -0.4 is 4.74 Å². The molecule has 0 aliphatic carbocycles. The van der Waals surface area contributed by atoms with Crippen LogP contribution in [0.25, 0.3) is 0 Å². The van der Waals surface area contributed by atoms with Crippen LogP contribution in [0, 0.1) is 5.82 Å². The topological polar surface area (TPSA) is 76.1 Å². The van der Waals surface area contributed by atoms with Gasteiger partial charge in [-0.3, -0.25) is 4.79 Å². The Kier molecular flexibility index (Phi) is 5.48. The first-order chi connectivity index (χ1) is 12.5. The van der Waals surface area contributed by atoms with Crippen molar-refractivity contribution in [1.29, 1.82) is 0 Å². The summed E-state index contributed by atoms with van der Waals surface area (Å²) in [7, 11) is 0. The molecule has 1 atom stereocenters. The molecular weight excluding hydrogens is 341 g/mol. The van der Waals surface area contributed by atoms with Gasteiger partial charge in [0, 0.05) is 18.2 Å². The average Bonchev–Trinajstić information content (AvgIpc) is 2.66. The number of morpholine rings is 1. The number of amides is 1. The van der Waals surface area contributed by atoms with Crippen molar-refractivity contribution < 1.29 is 28.6 Å². The number of benzene rings is 2. The molecule has 26 heavy (non-hydrogen) atoms. The first kappa shape index (κ1) is 17.9. The highest BCUT2D eigenvalue weighted by Gasteiger charge is 2.29. The number of carboxylic acid groups (broad SMARTS) is 1. The fourth-order valence-corrected chi connectivity index (χ4v) is 2.68. The molecule has 0 bridgehead atoms. The fraction of sp³-hybridized carbons (Fsp3) is 0.263. The number of halogens is 1. The molecule has 1 amide bonds. The van der Waals surface area contributed by atoms with E-state index in [0.717, 1.165) is 5.56 Å². The SMILES string of the molecule is O=C(O)C1CN(C(=O)c2cccc(COc3cccc(F)c3)c2)CCO1. The Morgan fingerprint density at radius 3 is 2.81 bits per heavy atom. The second-order valence-corrected chi connectivity index (χ2v) is 5.90. The van der Waals surface area contributed by atoms with Gasteiger partial charge in [0.1, 0.15) is 18.2 Å². The summed E-state index contributed by atoms with van der Waals surface area (Å²) in [6, 6.07) is 12.7.